The van der Waals surface area contributed by atoms with Crippen LogP contribution in [0.1, 0.15) is 25.3 Å². The molecule has 0 unspecified atom stereocenters. The van der Waals surface area contributed by atoms with Crippen LogP contribution < -0.4 is 5.32 Å². The molecule has 96 valence electrons. The van der Waals surface area contributed by atoms with Gasteiger partial charge >= 0.3 is 0 Å². The maximum absolute atomic E-state index is 5.32. The number of aromatic nitrogens is 2. The van der Waals surface area contributed by atoms with Gasteiger partial charge in [-0.2, -0.15) is 4.98 Å². The van der Waals surface area contributed by atoms with E-state index in [1.807, 2.05) is 46.0 Å². The van der Waals surface area contributed by atoms with Gasteiger partial charge in [-0.3, -0.25) is 0 Å². The Hall–Kier alpha value is -1.20. The van der Waals surface area contributed by atoms with E-state index in [9.17, 15) is 0 Å². The van der Waals surface area contributed by atoms with Gasteiger partial charge in [-0.25, -0.2) is 0 Å². The van der Waals surface area contributed by atoms with Gasteiger partial charge in [0.25, 0.3) is 0 Å². The molecule has 2 aromatic rings. The minimum atomic E-state index is -0.325. The molecule has 1 N–H and O–H groups in total. The Morgan fingerprint density at radius 2 is 2.06 bits per heavy atom. The third-order valence-electron chi connectivity index (χ3n) is 3.02. The van der Waals surface area contributed by atoms with Crippen molar-refractivity contribution in [1.29, 1.82) is 0 Å². The largest absolute Gasteiger partial charge is 0.337 e. The van der Waals surface area contributed by atoms with E-state index in [2.05, 4.69) is 31.4 Å². The maximum Gasteiger partial charge on any atom is 0.246 e. The van der Waals surface area contributed by atoms with Crippen molar-refractivity contribution in [2.45, 2.75) is 26.3 Å². The molecule has 0 saturated carbocycles. The predicted octanol–water partition coefficient (Wildman–Crippen LogP) is 3.26. The molecule has 0 amide bonds. The summed E-state index contributed by atoms with van der Waals surface area (Å²) in [5, 5.41) is 7.19. The van der Waals surface area contributed by atoms with E-state index in [0.717, 1.165) is 15.6 Å². The van der Waals surface area contributed by atoms with E-state index in [-0.39, 0.29) is 5.54 Å². The molecule has 0 spiro atoms. The Kier molecular flexibility index (Phi) is 3.54. The molecule has 1 aromatic heterocycles. The fourth-order valence-electron chi connectivity index (χ4n) is 1.57. The highest BCUT2D eigenvalue weighted by Gasteiger charge is 2.25. The fraction of sp³-hybridized carbons (Fsp3) is 0.385. The van der Waals surface area contributed by atoms with Crippen LogP contribution in [-0.4, -0.2) is 17.2 Å². The molecule has 0 atom stereocenters. The minimum absolute atomic E-state index is 0.325. The summed E-state index contributed by atoms with van der Waals surface area (Å²) in [6.07, 6.45) is 0. The molecule has 2 rings (SSSR count). The first-order valence-corrected chi connectivity index (χ1v) is 6.53. The number of hydrogen-bond donors (Lipinski definition) is 1. The van der Waals surface area contributed by atoms with Crippen LogP contribution in [0.3, 0.4) is 0 Å². The second kappa shape index (κ2) is 4.82. The average molecular weight is 310 g/mol. The van der Waals surface area contributed by atoms with E-state index >= 15 is 0 Å². The quantitative estimate of drug-likeness (QED) is 0.945. The average Bonchev–Trinajstić information content (AvgIpc) is 2.79. The van der Waals surface area contributed by atoms with Gasteiger partial charge in [0.2, 0.25) is 11.7 Å². The van der Waals surface area contributed by atoms with Crippen LogP contribution in [0.25, 0.3) is 11.4 Å². The first-order chi connectivity index (χ1) is 8.44. The highest BCUT2D eigenvalue weighted by Crippen LogP contribution is 2.26. The van der Waals surface area contributed by atoms with Crippen LogP contribution in [0.15, 0.2) is 27.2 Å². The summed E-state index contributed by atoms with van der Waals surface area (Å²) in [6, 6.07) is 6.00. The van der Waals surface area contributed by atoms with E-state index in [1.165, 1.54) is 0 Å². The van der Waals surface area contributed by atoms with Crippen LogP contribution in [0.4, 0.5) is 0 Å². The van der Waals surface area contributed by atoms with Crippen molar-refractivity contribution in [3.8, 4) is 11.4 Å². The zero-order valence-corrected chi connectivity index (χ0v) is 12.5. The number of benzene rings is 1. The van der Waals surface area contributed by atoms with Gasteiger partial charge in [-0.15, -0.1) is 0 Å². The summed E-state index contributed by atoms with van der Waals surface area (Å²) in [5.74, 6) is 1.21. The Morgan fingerprint density at radius 3 is 2.67 bits per heavy atom. The van der Waals surface area contributed by atoms with Crippen molar-refractivity contribution < 1.29 is 4.52 Å². The SMILES string of the molecule is CNC(C)(C)c1nc(-c2ccc(Br)cc2C)no1. The minimum Gasteiger partial charge on any atom is -0.337 e. The van der Waals surface area contributed by atoms with Crippen molar-refractivity contribution >= 4 is 15.9 Å². The third kappa shape index (κ3) is 2.47. The van der Waals surface area contributed by atoms with Gasteiger partial charge in [-0.1, -0.05) is 21.1 Å². The lowest BCUT2D eigenvalue weighted by molar-refractivity contribution is 0.281. The van der Waals surface area contributed by atoms with E-state index in [1.54, 1.807) is 0 Å². The number of nitrogens with zero attached hydrogens (tertiary/aromatic N) is 2. The fourth-order valence-corrected chi connectivity index (χ4v) is 2.05. The van der Waals surface area contributed by atoms with E-state index < -0.39 is 0 Å². The van der Waals surface area contributed by atoms with Gasteiger partial charge in [0, 0.05) is 10.0 Å². The molecule has 1 heterocycles. The molecule has 5 heteroatoms. The van der Waals surface area contributed by atoms with Gasteiger partial charge in [-0.05, 0) is 51.6 Å². The summed E-state index contributed by atoms with van der Waals surface area (Å²) in [4.78, 5) is 4.46. The molecule has 0 aliphatic carbocycles. The van der Waals surface area contributed by atoms with Gasteiger partial charge in [0.1, 0.15) is 0 Å². The van der Waals surface area contributed by atoms with E-state index in [4.69, 9.17) is 4.52 Å². The molecular weight excluding hydrogens is 294 g/mol. The van der Waals surface area contributed by atoms with Gasteiger partial charge in [0.05, 0.1) is 5.54 Å². The highest BCUT2D eigenvalue weighted by molar-refractivity contribution is 9.10. The van der Waals surface area contributed by atoms with Crippen molar-refractivity contribution in [3.63, 3.8) is 0 Å². The molecular formula is C13H16BrN3O. The standard InChI is InChI=1S/C13H16BrN3O/c1-8-7-9(14)5-6-10(8)11-16-12(18-17-11)13(2,3)15-4/h5-7,15H,1-4H3. The molecule has 0 saturated heterocycles. The Balaban J connectivity index is 2.41. The second-order valence-corrected chi connectivity index (χ2v) is 5.67. The third-order valence-corrected chi connectivity index (χ3v) is 3.51. The maximum atomic E-state index is 5.32. The summed E-state index contributed by atoms with van der Waals surface area (Å²) < 4.78 is 6.37. The lowest BCUT2D eigenvalue weighted by atomic mass is 10.1. The van der Waals surface area contributed by atoms with Crippen molar-refractivity contribution in [1.82, 2.24) is 15.5 Å². The zero-order valence-electron chi connectivity index (χ0n) is 10.9. The number of hydrogen-bond acceptors (Lipinski definition) is 4. The first kappa shape index (κ1) is 13.2. The Morgan fingerprint density at radius 1 is 1.33 bits per heavy atom. The number of halogens is 1. The van der Waals surface area contributed by atoms with Gasteiger partial charge in [0.15, 0.2) is 0 Å². The van der Waals surface area contributed by atoms with Crippen LogP contribution in [0, 0.1) is 6.92 Å². The number of aryl methyl sites for hydroxylation is 1. The molecule has 0 aliphatic heterocycles. The first-order valence-electron chi connectivity index (χ1n) is 5.73. The molecule has 4 nitrogen and oxygen atoms in total. The van der Waals surface area contributed by atoms with Crippen LogP contribution >= 0.6 is 15.9 Å². The van der Waals surface area contributed by atoms with Crippen LogP contribution in [0.2, 0.25) is 0 Å². The summed E-state index contributed by atoms with van der Waals surface area (Å²) in [5.41, 5.74) is 1.77. The lowest BCUT2D eigenvalue weighted by Crippen LogP contribution is -2.33. The number of nitrogens with one attached hydrogen (secondary N) is 1. The molecule has 18 heavy (non-hydrogen) atoms. The summed E-state index contributed by atoms with van der Waals surface area (Å²) >= 11 is 3.44. The lowest BCUT2D eigenvalue weighted by Gasteiger charge is -2.17. The summed E-state index contributed by atoms with van der Waals surface area (Å²) in [6.45, 7) is 6.02. The molecule has 0 aliphatic rings. The summed E-state index contributed by atoms with van der Waals surface area (Å²) in [7, 11) is 1.87. The highest BCUT2D eigenvalue weighted by atomic mass is 79.9. The molecule has 0 bridgehead atoms. The topological polar surface area (TPSA) is 51.0 Å². The van der Waals surface area contributed by atoms with Gasteiger partial charge < -0.3 is 9.84 Å². The normalized spacial score (nSPS) is 11.8. The van der Waals surface area contributed by atoms with Crippen molar-refractivity contribution in [2.24, 2.45) is 0 Å². The van der Waals surface area contributed by atoms with Crippen LogP contribution in [0.5, 0.6) is 0 Å². The Bertz CT molecular complexity index is 563. The predicted molar refractivity (Wildman–Crippen MR) is 74.3 cm³/mol. The van der Waals surface area contributed by atoms with Crippen LogP contribution in [-0.2, 0) is 5.54 Å². The van der Waals surface area contributed by atoms with Crippen molar-refractivity contribution in [3.05, 3.63) is 34.1 Å². The zero-order chi connectivity index (χ0) is 13.3. The van der Waals surface area contributed by atoms with Crippen molar-refractivity contribution in [2.75, 3.05) is 7.05 Å². The molecule has 0 fully saturated rings. The monoisotopic (exact) mass is 309 g/mol. The Labute approximate surface area is 115 Å². The molecule has 0 radical (unpaired) electrons. The number of rotatable bonds is 3. The smallest absolute Gasteiger partial charge is 0.246 e. The van der Waals surface area contributed by atoms with E-state index in [0.29, 0.717) is 11.7 Å². The second-order valence-electron chi connectivity index (χ2n) is 4.76. The molecule has 1 aromatic carbocycles.